The summed E-state index contributed by atoms with van der Waals surface area (Å²) in [5.41, 5.74) is 3.62. The van der Waals surface area contributed by atoms with Crippen LogP contribution < -0.4 is 0 Å². The van der Waals surface area contributed by atoms with Gasteiger partial charge in [0.1, 0.15) is 5.52 Å². The number of hydrogen-bond donors (Lipinski definition) is 1. The van der Waals surface area contributed by atoms with Crippen LogP contribution in [0.5, 0.6) is 0 Å². The van der Waals surface area contributed by atoms with Crippen LogP contribution in [0.25, 0.3) is 28.3 Å². The highest BCUT2D eigenvalue weighted by atomic mass is 79.9. The van der Waals surface area contributed by atoms with E-state index < -0.39 is 0 Å². The van der Waals surface area contributed by atoms with E-state index in [1.807, 2.05) is 42.5 Å². The van der Waals surface area contributed by atoms with Crippen LogP contribution in [0, 0.1) is 0 Å². The zero-order valence-electron chi connectivity index (χ0n) is 10.8. The van der Waals surface area contributed by atoms with Crippen LogP contribution in [-0.4, -0.2) is 10.1 Å². The first-order valence-corrected chi connectivity index (χ1v) is 6.95. The minimum absolute atomic E-state index is 0.163. The van der Waals surface area contributed by atoms with Crippen LogP contribution in [0.2, 0.25) is 0 Å². The molecule has 0 aliphatic heterocycles. The van der Waals surface area contributed by atoms with Crippen molar-refractivity contribution < 1.29 is 9.52 Å². The molecular formula is C16H12BrNO2. The average Bonchev–Trinajstić information content (AvgIpc) is 2.82. The molecule has 0 amide bonds. The van der Waals surface area contributed by atoms with Gasteiger partial charge in [0.05, 0.1) is 10.2 Å². The molecule has 1 aromatic heterocycles. The maximum absolute atomic E-state index is 9.28. The second kappa shape index (κ2) is 5.13. The molecule has 0 atom stereocenters. The number of rotatable bonds is 2. The number of allylic oxidation sites excluding steroid dienone is 1. The fourth-order valence-corrected chi connectivity index (χ4v) is 2.58. The minimum atomic E-state index is 0.163. The molecule has 20 heavy (non-hydrogen) atoms. The monoisotopic (exact) mass is 329 g/mol. The maximum atomic E-state index is 9.28. The predicted octanol–water partition coefficient (Wildman–Crippen LogP) is 5.18. The van der Waals surface area contributed by atoms with Crippen LogP contribution in [0.15, 0.2) is 57.1 Å². The van der Waals surface area contributed by atoms with Crippen molar-refractivity contribution in [1.82, 2.24) is 4.98 Å². The molecule has 0 spiro atoms. The number of fused-ring (bicyclic) bond motifs is 1. The molecule has 0 bridgehead atoms. The van der Waals surface area contributed by atoms with Gasteiger partial charge in [-0.05, 0) is 46.1 Å². The van der Waals surface area contributed by atoms with Crippen molar-refractivity contribution in [2.45, 2.75) is 6.92 Å². The van der Waals surface area contributed by atoms with E-state index in [0.29, 0.717) is 11.5 Å². The smallest absolute Gasteiger partial charge is 0.223 e. The van der Waals surface area contributed by atoms with Gasteiger partial charge in [0, 0.05) is 6.08 Å². The molecule has 0 unspecified atom stereocenters. The lowest BCUT2D eigenvalue weighted by atomic mass is 10.1. The van der Waals surface area contributed by atoms with E-state index in [-0.39, 0.29) is 5.76 Å². The van der Waals surface area contributed by atoms with Crippen LogP contribution in [0.1, 0.15) is 12.8 Å². The molecule has 0 saturated carbocycles. The van der Waals surface area contributed by atoms with Gasteiger partial charge in [-0.15, -0.1) is 0 Å². The van der Waals surface area contributed by atoms with Crippen molar-refractivity contribution >= 4 is 33.1 Å². The molecule has 0 aliphatic rings. The van der Waals surface area contributed by atoms with E-state index in [9.17, 15) is 5.11 Å². The lowest BCUT2D eigenvalue weighted by Gasteiger charge is -2.02. The number of nitrogens with zero attached hydrogens (tertiary/aromatic N) is 1. The lowest BCUT2D eigenvalue weighted by molar-refractivity contribution is 0.417. The molecule has 1 heterocycles. The van der Waals surface area contributed by atoms with Gasteiger partial charge in [0.15, 0.2) is 5.58 Å². The molecule has 2 aromatic carbocycles. The lowest BCUT2D eigenvalue weighted by Crippen LogP contribution is -1.79. The van der Waals surface area contributed by atoms with Gasteiger partial charge in [-0.25, -0.2) is 4.98 Å². The molecule has 3 aromatic rings. The Bertz CT molecular complexity index is 787. The van der Waals surface area contributed by atoms with E-state index in [2.05, 4.69) is 20.9 Å². The Morgan fingerprint density at radius 2 is 1.95 bits per heavy atom. The molecule has 100 valence electrons. The van der Waals surface area contributed by atoms with Crippen molar-refractivity contribution in [2.75, 3.05) is 0 Å². The third-order valence-corrected chi connectivity index (χ3v) is 3.49. The molecule has 0 fully saturated rings. The largest absolute Gasteiger partial charge is 0.512 e. The van der Waals surface area contributed by atoms with Crippen LogP contribution in [-0.2, 0) is 0 Å². The summed E-state index contributed by atoms with van der Waals surface area (Å²) in [6.45, 7) is 1.58. The normalized spacial score (nSPS) is 12.0. The molecule has 0 aliphatic carbocycles. The number of oxazole rings is 1. The topological polar surface area (TPSA) is 46.3 Å². The van der Waals surface area contributed by atoms with E-state index >= 15 is 0 Å². The Morgan fingerprint density at radius 1 is 1.20 bits per heavy atom. The summed E-state index contributed by atoms with van der Waals surface area (Å²) >= 11 is 3.51. The number of benzene rings is 2. The fourth-order valence-electron chi connectivity index (χ4n) is 2.05. The van der Waals surface area contributed by atoms with Crippen molar-refractivity contribution in [1.29, 1.82) is 0 Å². The van der Waals surface area contributed by atoms with Crippen molar-refractivity contribution in [3.63, 3.8) is 0 Å². The molecule has 1 N–H and O–H groups in total. The maximum Gasteiger partial charge on any atom is 0.223 e. The summed E-state index contributed by atoms with van der Waals surface area (Å²) in [4.78, 5) is 4.37. The second-order valence-corrected chi connectivity index (χ2v) is 5.36. The zero-order chi connectivity index (χ0) is 14.1. The summed E-state index contributed by atoms with van der Waals surface area (Å²) in [6, 6.07) is 14.1. The molecular weight excluding hydrogens is 318 g/mol. The van der Waals surface area contributed by atoms with Crippen molar-refractivity contribution in [3.8, 4) is 11.1 Å². The first-order chi connectivity index (χ1) is 9.63. The minimum Gasteiger partial charge on any atom is -0.512 e. The van der Waals surface area contributed by atoms with Crippen LogP contribution >= 0.6 is 15.9 Å². The third kappa shape index (κ3) is 2.47. The SMILES string of the molecule is CC(O)=Cc1nc2cc(-c3ccccc3)cc(Br)c2o1. The van der Waals surface area contributed by atoms with Crippen molar-refractivity contribution in [2.24, 2.45) is 0 Å². The van der Waals surface area contributed by atoms with Gasteiger partial charge >= 0.3 is 0 Å². The molecule has 3 nitrogen and oxygen atoms in total. The Labute approximate surface area is 124 Å². The van der Waals surface area contributed by atoms with E-state index in [0.717, 1.165) is 21.1 Å². The van der Waals surface area contributed by atoms with Crippen LogP contribution in [0.4, 0.5) is 0 Å². The first kappa shape index (κ1) is 12.9. The molecule has 4 heteroatoms. The Kier molecular flexibility index (Phi) is 3.32. The molecule has 3 rings (SSSR count). The van der Waals surface area contributed by atoms with Gasteiger partial charge in [0.2, 0.25) is 5.89 Å². The Balaban J connectivity index is 2.17. The van der Waals surface area contributed by atoms with Gasteiger partial charge in [-0.2, -0.15) is 0 Å². The van der Waals surface area contributed by atoms with E-state index in [1.54, 1.807) is 6.92 Å². The van der Waals surface area contributed by atoms with Crippen LogP contribution in [0.3, 0.4) is 0 Å². The third-order valence-electron chi connectivity index (χ3n) is 2.90. The quantitative estimate of drug-likeness (QED) is 0.659. The second-order valence-electron chi connectivity index (χ2n) is 4.51. The summed E-state index contributed by atoms with van der Waals surface area (Å²) in [7, 11) is 0. The zero-order valence-corrected chi connectivity index (χ0v) is 12.4. The highest BCUT2D eigenvalue weighted by molar-refractivity contribution is 9.10. The first-order valence-electron chi connectivity index (χ1n) is 6.16. The standard InChI is InChI=1S/C16H12BrNO2/c1-10(19)7-15-18-14-9-12(8-13(17)16(14)20-15)11-5-3-2-4-6-11/h2-9,19H,1H3. The van der Waals surface area contributed by atoms with Gasteiger partial charge in [-0.3, -0.25) is 0 Å². The number of aromatic nitrogens is 1. The summed E-state index contributed by atoms with van der Waals surface area (Å²) in [5, 5.41) is 9.28. The van der Waals surface area contributed by atoms with E-state index in [4.69, 9.17) is 4.42 Å². The summed E-state index contributed by atoms with van der Waals surface area (Å²) < 4.78 is 6.45. The van der Waals surface area contributed by atoms with E-state index in [1.165, 1.54) is 6.08 Å². The highest BCUT2D eigenvalue weighted by Gasteiger charge is 2.10. The number of halogens is 1. The molecule has 0 saturated heterocycles. The predicted molar refractivity (Wildman–Crippen MR) is 83.4 cm³/mol. The number of aliphatic hydroxyl groups is 1. The Morgan fingerprint density at radius 3 is 2.65 bits per heavy atom. The number of aliphatic hydroxyl groups excluding tert-OH is 1. The Hall–Kier alpha value is -2.07. The number of hydrogen-bond acceptors (Lipinski definition) is 3. The summed E-state index contributed by atoms with van der Waals surface area (Å²) in [5.74, 6) is 0.557. The highest BCUT2D eigenvalue weighted by Crippen LogP contribution is 2.31. The summed E-state index contributed by atoms with van der Waals surface area (Å²) in [6.07, 6.45) is 1.49. The van der Waals surface area contributed by atoms with Gasteiger partial charge < -0.3 is 9.52 Å². The fraction of sp³-hybridized carbons (Fsp3) is 0.0625. The van der Waals surface area contributed by atoms with Crippen molar-refractivity contribution in [3.05, 3.63) is 58.6 Å². The molecule has 0 radical (unpaired) electrons. The average molecular weight is 330 g/mol. The van der Waals surface area contributed by atoms with Gasteiger partial charge in [-0.1, -0.05) is 30.3 Å². The van der Waals surface area contributed by atoms with Gasteiger partial charge in [0.25, 0.3) is 0 Å².